The summed E-state index contributed by atoms with van der Waals surface area (Å²) in [7, 11) is -2.69. The molecule has 0 atom stereocenters. The van der Waals surface area contributed by atoms with Crippen LogP contribution in [0.25, 0.3) is 0 Å². The molecule has 39 heavy (non-hydrogen) atoms. The molecule has 0 spiro atoms. The largest absolute Gasteiger partial charge is 0.493 e. The van der Waals surface area contributed by atoms with Crippen LogP contribution in [0.4, 0.5) is 0 Å². The van der Waals surface area contributed by atoms with E-state index in [1.807, 2.05) is 6.07 Å². The maximum absolute atomic E-state index is 13.5. The van der Waals surface area contributed by atoms with Crippen molar-refractivity contribution in [3.8, 4) is 11.5 Å². The first kappa shape index (κ1) is 26.9. The van der Waals surface area contributed by atoms with Crippen LogP contribution in [0.5, 0.6) is 11.5 Å². The topological polar surface area (TPSA) is 90.0 Å². The number of allylic oxidation sites excluding steroid dienone is 5. The summed E-state index contributed by atoms with van der Waals surface area (Å²) < 4.78 is 37.6. The summed E-state index contributed by atoms with van der Waals surface area (Å²) in [6.07, 6.45) is 5.98. The van der Waals surface area contributed by atoms with Crippen LogP contribution >= 0.6 is 0 Å². The fourth-order valence-electron chi connectivity index (χ4n) is 6.08. The Balaban J connectivity index is 1.70. The van der Waals surface area contributed by atoms with E-state index in [2.05, 4.69) is 18.4 Å². The third kappa shape index (κ3) is 4.82. The summed E-state index contributed by atoms with van der Waals surface area (Å²) in [4.78, 5) is 29.1. The van der Waals surface area contributed by atoms with Gasteiger partial charge in [-0.2, -0.15) is 8.42 Å². The van der Waals surface area contributed by atoms with Crippen LogP contribution in [0.3, 0.4) is 0 Å². The van der Waals surface area contributed by atoms with E-state index >= 15 is 0 Å². The summed E-state index contributed by atoms with van der Waals surface area (Å²) in [6, 6.07) is 11.5. The number of benzene rings is 2. The van der Waals surface area contributed by atoms with Crippen molar-refractivity contribution < 1.29 is 26.9 Å². The SMILES string of the molecule is C=CCc1cc(C2C3=C(CCCC3=O)N(CC)C3=C2C(=O)CCC3)cc(OC)c1OS(=O)(=O)c1ccccc1. The van der Waals surface area contributed by atoms with Crippen molar-refractivity contribution in [3.63, 3.8) is 0 Å². The van der Waals surface area contributed by atoms with Crippen molar-refractivity contribution in [3.05, 3.63) is 88.8 Å². The highest BCUT2D eigenvalue weighted by atomic mass is 32.2. The van der Waals surface area contributed by atoms with Gasteiger partial charge in [0.05, 0.1) is 7.11 Å². The summed E-state index contributed by atoms with van der Waals surface area (Å²) in [5.74, 6) is -0.126. The van der Waals surface area contributed by atoms with Crippen LogP contribution in [0.2, 0.25) is 0 Å². The lowest BCUT2D eigenvalue weighted by atomic mass is 9.70. The molecule has 0 saturated heterocycles. The number of hydrogen-bond donors (Lipinski definition) is 0. The number of Topliss-reactive ketones (excluding diaryl/α,β-unsaturated/α-hetero) is 2. The number of rotatable bonds is 8. The maximum Gasteiger partial charge on any atom is 0.339 e. The normalized spacial score (nSPS) is 18.2. The van der Waals surface area contributed by atoms with Crippen molar-refractivity contribution in [1.29, 1.82) is 0 Å². The second-order valence-electron chi connectivity index (χ2n) is 10.0. The lowest BCUT2D eigenvalue weighted by Gasteiger charge is -2.43. The highest BCUT2D eigenvalue weighted by Crippen LogP contribution is 2.50. The number of ketones is 2. The first-order valence-electron chi connectivity index (χ1n) is 13.4. The summed E-state index contributed by atoms with van der Waals surface area (Å²) in [5.41, 5.74) is 4.62. The summed E-state index contributed by atoms with van der Waals surface area (Å²) in [6.45, 7) is 6.59. The summed E-state index contributed by atoms with van der Waals surface area (Å²) >= 11 is 0. The highest BCUT2D eigenvalue weighted by Gasteiger charge is 2.43. The Kier molecular flexibility index (Phi) is 7.49. The van der Waals surface area contributed by atoms with Gasteiger partial charge in [-0.05, 0) is 62.8 Å². The Morgan fingerprint density at radius 1 is 0.974 bits per heavy atom. The van der Waals surface area contributed by atoms with Gasteiger partial charge in [-0.25, -0.2) is 0 Å². The first-order valence-corrected chi connectivity index (χ1v) is 14.8. The minimum Gasteiger partial charge on any atom is -0.493 e. The van der Waals surface area contributed by atoms with Gasteiger partial charge in [0.25, 0.3) is 0 Å². The van der Waals surface area contributed by atoms with Gasteiger partial charge in [0.1, 0.15) is 4.90 Å². The van der Waals surface area contributed by atoms with E-state index < -0.39 is 16.0 Å². The molecule has 0 aromatic heterocycles. The molecular weight excluding hydrogens is 514 g/mol. The molecular formula is C31H33NO6S. The lowest BCUT2D eigenvalue weighted by molar-refractivity contribution is -0.117. The molecule has 2 aromatic carbocycles. The third-order valence-electron chi connectivity index (χ3n) is 7.70. The molecule has 0 amide bonds. The number of carbonyl (C=O) groups is 2. The van der Waals surface area contributed by atoms with E-state index in [4.69, 9.17) is 8.92 Å². The van der Waals surface area contributed by atoms with Crippen LogP contribution in [-0.4, -0.2) is 38.5 Å². The van der Waals surface area contributed by atoms with Gasteiger partial charge in [-0.1, -0.05) is 30.3 Å². The molecule has 5 rings (SSSR count). The van der Waals surface area contributed by atoms with Gasteiger partial charge in [-0.3, -0.25) is 9.59 Å². The Labute approximate surface area is 229 Å². The zero-order chi connectivity index (χ0) is 27.7. The van der Waals surface area contributed by atoms with Gasteiger partial charge in [-0.15, -0.1) is 6.58 Å². The Bertz CT molecular complexity index is 1460. The first-order chi connectivity index (χ1) is 18.8. The van der Waals surface area contributed by atoms with Crippen molar-refractivity contribution in [1.82, 2.24) is 4.90 Å². The zero-order valence-corrected chi connectivity index (χ0v) is 23.2. The quantitative estimate of drug-likeness (QED) is 0.313. The van der Waals surface area contributed by atoms with E-state index in [1.165, 1.54) is 19.2 Å². The number of methoxy groups -OCH3 is 1. The molecule has 0 radical (unpaired) electrons. The second kappa shape index (κ2) is 10.8. The van der Waals surface area contributed by atoms with Crippen molar-refractivity contribution >= 4 is 21.7 Å². The van der Waals surface area contributed by atoms with Gasteiger partial charge >= 0.3 is 10.1 Å². The number of hydrogen-bond acceptors (Lipinski definition) is 7. The monoisotopic (exact) mass is 547 g/mol. The molecule has 1 heterocycles. The minimum atomic E-state index is -4.14. The van der Waals surface area contributed by atoms with Gasteiger partial charge in [0, 0.05) is 53.4 Å². The van der Waals surface area contributed by atoms with Crippen LogP contribution in [-0.2, 0) is 26.1 Å². The molecule has 2 aromatic rings. The summed E-state index contributed by atoms with van der Waals surface area (Å²) in [5, 5.41) is 0. The average Bonchev–Trinajstić information content (AvgIpc) is 2.93. The van der Waals surface area contributed by atoms with E-state index in [9.17, 15) is 18.0 Å². The van der Waals surface area contributed by atoms with E-state index in [-0.39, 0.29) is 28.0 Å². The maximum atomic E-state index is 13.5. The second-order valence-corrected chi connectivity index (χ2v) is 11.6. The lowest BCUT2D eigenvalue weighted by Crippen LogP contribution is -2.39. The molecule has 8 heteroatoms. The molecule has 0 unspecified atom stereocenters. The highest BCUT2D eigenvalue weighted by molar-refractivity contribution is 7.87. The molecule has 7 nitrogen and oxygen atoms in total. The molecule has 0 N–H and O–H groups in total. The van der Waals surface area contributed by atoms with Crippen molar-refractivity contribution in [2.75, 3.05) is 13.7 Å². The van der Waals surface area contributed by atoms with Crippen LogP contribution in [0, 0.1) is 0 Å². The molecule has 0 bridgehead atoms. The predicted molar refractivity (Wildman–Crippen MR) is 148 cm³/mol. The van der Waals surface area contributed by atoms with Crippen molar-refractivity contribution in [2.45, 2.75) is 62.7 Å². The minimum absolute atomic E-state index is 0.0258. The molecule has 0 fully saturated rings. The average molecular weight is 548 g/mol. The molecule has 204 valence electrons. The van der Waals surface area contributed by atoms with Crippen molar-refractivity contribution in [2.24, 2.45) is 0 Å². The Morgan fingerprint density at radius 3 is 2.13 bits per heavy atom. The van der Waals surface area contributed by atoms with Crippen LogP contribution in [0.1, 0.15) is 62.5 Å². The molecule has 3 aliphatic rings. The molecule has 0 saturated carbocycles. The number of carbonyl (C=O) groups excluding carboxylic acids is 2. The van der Waals surface area contributed by atoms with Crippen LogP contribution < -0.4 is 8.92 Å². The Hall–Kier alpha value is -3.65. The molecule has 2 aliphatic carbocycles. The zero-order valence-electron chi connectivity index (χ0n) is 22.4. The van der Waals surface area contributed by atoms with E-state index in [0.717, 1.165) is 42.6 Å². The Morgan fingerprint density at radius 2 is 1.59 bits per heavy atom. The third-order valence-corrected chi connectivity index (χ3v) is 8.93. The van der Waals surface area contributed by atoms with E-state index in [0.29, 0.717) is 42.5 Å². The molecule has 1 aliphatic heterocycles. The number of ether oxygens (including phenoxy) is 1. The fraction of sp³-hybridized carbons (Fsp3) is 0.355. The standard InChI is InChI=1S/C31H33NO6S/c1-4-11-20-18-21(19-27(37-3)31(20)38-39(35,36)22-12-7-6-8-13-22)28-29-23(14-9-16-25(29)33)32(5-2)24-15-10-17-26(34)30(24)28/h4,6-8,12-13,18-19,28H,1,5,9-11,14-17H2,2-3H3. The predicted octanol–water partition coefficient (Wildman–Crippen LogP) is 5.62. The van der Waals surface area contributed by atoms with Gasteiger partial charge < -0.3 is 13.8 Å². The van der Waals surface area contributed by atoms with Gasteiger partial charge in [0.2, 0.25) is 0 Å². The van der Waals surface area contributed by atoms with Crippen LogP contribution in [0.15, 0.2) is 82.6 Å². The smallest absolute Gasteiger partial charge is 0.339 e. The van der Waals surface area contributed by atoms with Gasteiger partial charge in [0.15, 0.2) is 23.1 Å². The fourth-order valence-corrected chi connectivity index (χ4v) is 7.08. The number of nitrogens with zero attached hydrogens (tertiary/aromatic N) is 1. The van der Waals surface area contributed by atoms with E-state index in [1.54, 1.807) is 30.3 Å².